The van der Waals surface area contributed by atoms with Crippen LogP contribution < -0.4 is 5.73 Å². The summed E-state index contributed by atoms with van der Waals surface area (Å²) in [4.78, 5) is 5.13. The lowest BCUT2D eigenvalue weighted by molar-refractivity contribution is 0.0975. The zero-order chi connectivity index (χ0) is 13.5. The van der Waals surface area contributed by atoms with E-state index in [1.165, 1.54) is 44.7 Å². The molecule has 1 saturated heterocycles. The molecular formula is C16H27N3. The maximum atomic E-state index is 5.83. The molecule has 0 aromatic heterocycles. The summed E-state index contributed by atoms with van der Waals surface area (Å²) in [5.41, 5.74) is 7.27. The molecule has 0 radical (unpaired) electrons. The van der Waals surface area contributed by atoms with Crippen LogP contribution in [0.15, 0.2) is 30.3 Å². The molecule has 1 fully saturated rings. The highest BCUT2D eigenvalue weighted by molar-refractivity contribution is 5.14. The van der Waals surface area contributed by atoms with E-state index >= 15 is 0 Å². The van der Waals surface area contributed by atoms with E-state index in [9.17, 15) is 0 Å². The van der Waals surface area contributed by atoms with Crippen molar-refractivity contribution in [2.45, 2.75) is 25.8 Å². The number of nitrogens with zero attached hydrogens (tertiary/aromatic N) is 2. The van der Waals surface area contributed by atoms with Crippen molar-refractivity contribution in [2.24, 2.45) is 5.73 Å². The van der Waals surface area contributed by atoms with Crippen molar-refractivity contribution in [2.75, 3.05) is 39.3 Å². The maximum Gasteiger partial charge on any atom is 0.0216 e. The number of hydrogen-bond donors (Lipinski definition) is 1. The fourth-order valence-corrected chi connectivity index (χ4v) is 2.86. The van der Waals surface area contributed by atoms with Gasteiger partial charge >= 0.3 is 0 Å². The van der Waals surface area contributed by atoms with Crippen LogP contribution in [0.25, 0.3) is 0 Å². The second kappa shape index (κ2) is 7.63. The van der Waals surface area contributed by atoms with E-state index in [0.717, 1.165) is 13.0 Å². The van der Waals surface area contributed by atoms with Crippen LogP contribution in [0.3, 0.4) is 0 Å². The average molecular weight is 261 g/mol. The predicted molar refractivity (Wildman–Crippen MR) is 81.3 cm³/mol. The van der Waals surface area contributed by atoms with Crippen LogP contribution in [0.2, 0.25) is 0 Å². The lowest BCUT2D eigenvalue weighted by Gasteiger charge is -2.38. The van der Waals surface area contributed by atoms with Gasteiger partial charge in [0.15, 0.2) is 0 Å². The van der Waals surface area contributed by atoms with Gasteiger partial charge in [-0.2, -0.15) is 0 Å². The van der Waals surface area contributed by atoms with Crippen molar-refractivity contribution in [1.82, 2.24) is 9.80 Å². The number of piperazine rings is 1. The SMILES string of the molecule is CCC(CN)N1CCN(CCc2ccccc2)CC1. The van der Waals surface area contributed by atoms with E-state index in [4.69, 9.17) is 5.73 Å². The Morgan fingerprint density at radius 1 is 1.11 bits per heavy atom. The molecule has 19 heavy (non-hydrogen) atoms. The van der Waals surface area contributed by atoms with Crippen LogP contribution in [0, 0.1) is 0 Å². The molecule has 2 N–H and O–H groups in total. The van der Waals surface area contributed by atoms with E-state index in [1.807, 2.05) is 0 Å². The Balaban J connectivity index is 1.72. The molecule has 1 aromatic rings. The molecule has 3 nitrogen and oxygen atoms in total. The van der Waals surface area contributed by atoms with Gasteiger partial charge in [0, 0.05) is 45.3 Å². The zero-order valence-electron chi connectivity index (χ0n) is 12.1. The van der Waals surface area contributed by atoms with Gasteiger partial charge in [-0.25, -0.2) is 0 Å². The normalized spacial score (nSPS) is 19.5. The highest BCUT2D eigenvalue weighted by Gasteiger charge is 2.21. The Morgan fingerprint density at radius 2 is 1.79 bits per heavy atom. The molecule has 0 amide bonds. The van der Waals surface area contributed by atoms with Gasteiger partial charge in [-0.15, -0.1) is 0 Å². The van der Waals surface area contributed by atoms with Crippen LogP contribution in [0.4, 0.5) is 0 Å². The first-order valence-corrected chi connectivity index (χ1v) is 7.54. The fraction of sp³-hybridized carbons (Fsp3) is 0.625. The second-order valence-electron chi connectivity index (χ2n) is 5.41. The van der Waals surface area contributed by atoms with Crippen molar-refractivity contribution in [3.63, 3.8) is 0 Å². The van der Waals surface area contributed by atoms with Gasteiger partial charge in [-0.1, -0.05) is 37.3 Å². The second-order valence-corrected chi connectivity index (χ2v) is 5.41. The third-order valence-corrected chi connectivity index (χ3v) is 4.23. The van der Waals surface area contributed by atoms with E-state index in [2.05, 4.69) is 47.1 Å². The van der Waals surface area contributed by atoms with Crippen LogP contribution in [0.1, 0.15) is 18.9 Å². The van der Waals surface area contributed by atoms with Crippen molar-refractivity contribution in [3.8, 4) is 0 Å². The van der Waals surface area contributed by atoms with Crippen molar-refractivity contribution in [3.05, 3.63) is 35.9 Å². The van der Waals surface area contributed by atoms with Crippen LogP contribution in [-0.4, -0.2) is 55.1 Å². The smallest absolute Gasteiger partial charge is 0.0216 e. The van der Waals surface area contributed by atoms with Gasteiger partial charge in [-0.3, -0.25) is 4.90 Å². The molecule has 1 atom stereocenters. The summed E-state index contributed by atoms with van der Waals surface area (Å²) in [6.45, 7) is 8.92. The molecule has 0 spiro atoms. The summed E-state index contributed by atoms with van der Waals surface area (Å²) >= 11 is 0. The summed E-state index contributed by atoms with van der Waals surface area (Å²) in [6, 6.07) is 11.4. The first-order valence-electron chi connectivity index (χ1n) is 7.54. The van der Waals surface area contributed by atoms with Gasteiger partial charge in [0.1, 0.15) is 0 Å². The Bertz CT molecular complexity index is 340. The van der Waals surface area contributed by atoms with Crippen LogP contribution in [-0.2, 0) is 6.42 Å². The third kappa shape index (κ3) is 4.30. The van der Waals surface area contributed by atoms with E-state index in [1.54, 1.807) is 0 Å². The molecule has 1 aliphatic heterocycles. The third-order valence-electron chi connectivity index (χ3n) is 4.23. The summed E-state index contributed by atoms with van der Waals surface area (Å²) in [7, 11) is 0. The minimum absolute atomic E-state index is 0.580. The number of hydrogen-bond acceptors (Lipinski definition) is 3. The maximum absolute atomic E-state index is 5.83. The van der Waals surface area contributed by atoms with E-state index < -0.39 is 0 Å². The van der Waals surface area contributed by atoms with Crippen molar-refractivity contribution in [1.29, 1.82) is 0 Å². The van der Waals surface area contributed by atoms with Gasteiger partial charge in [-0.05, 0) is 18.4 Å². The van der Waals surface area contributed by atoms with E-state index in [-0.39, 0.29) is 0 Å². The van der Waals surface area contributed by atoms with Crippen LogP contribution >= 0.6 is 0 Å². The number of rotatable bonds is 6. The lowest BCUT2D eigenvalue weighted by atomic mass is 10.1. The van der Waals surface area contributed by atoms with Gasteiger partial charge < -0.3 is 10.6 Å². The minimum atomic E-state index is 0.580. The molecule has 2 rings (SSSR count). The Kier molecular flexibility index (Phi) is 5.83. The molecule has 1 heterocycles. The molecule has 106 valence electrons. The van der Waals surface area contributed by atoms with Crippen LogP contribution in [0.5, 0.6) is 0 Å². The summed E-state index contributed by atoms with van der Waals surface area (Å²) in [5.74, 6) is 0. The molecule has 1 aliphatic rings. The van der Waals surface area contributed by atoms with Gasteiger partial charge in [0.05, 0.1) is 0 Å². The summed E-state index contributed by atoms with van der Waals surface area (Å²) < 4.78 is 0. The quantitative estimate of drug-likeness (QED) is 0.844. The molecule has 0 aliphatic carbocycles. The zero-order valence-corrected chi connectivity index (χ0v) is 12.1. The first-order chi connectivity index (χ1) is 9.33. The Hall–Kier alpha value is -0.900. The number of benzene rings is 1. The predicted octanol–water partition coefficient (Wildman–Crippen LogP) is 1.58. The largest absolute Gasteiger partial charge is 0.329 e. The van der Waals surface area contributed by atoms with Gasteiger partial charge in [0.2, 0.25) is 0 Å². The summed E-state index contributed by atoms with van der Waals surface area (Å²) in [5, 5.41) is 0. The molecule has 3 heteroatoms. The molecule has 1 unspecified atom stereocenters. The lowest BCUT2D eigenvalue weighted by Crippen LogP contribution is -2.52. The molecule has 1 aromatic carbocycles. The van der Waals surface area contributed by atoms with Crippen molar-refractivity contribution >= 4 is 0 Å². The minimum Gasteiger partial charge on any atom is -0.329 e. The average Bonchev–Trinajstić information content (AvgIpc) is 2.49. The topological polar surface area (TPSA) is 32.5 Å². The highest BCUT2D eigenvalue weighted by atomic mass is 15.3. The Labute approximate surface area is 117 Å². The van der Waals surface area contributed by atoms with E-state index in [0.29, 0.717) is 6.04 Å². The Morgan fingerprint density at radius 3 is 2.37 bits per heavy atom. The van der Waals surface area contributed by atoms with Gasteiger partial charge in [0.25, 0.3) is 0 Å². The molecular weight excluding hydrogens is 234 g/mol. The summed E-state index contributed by atoms with van der Waals surface area (Å²) in [6.07, 6.45) is 2.33. The molecule has 0 bridgehead atoms. The number of nitrogens with two attached hydrogens (primary N) is 1. The van der Waals surface area contributed by atoms with Crippen molar-refractivity contribution < 1.29 is 0 Å². The first kappa shape index (κ1) is 14.5. The highest BCUT2D eigenvalue weighted by Crippen LogP contribution is 2.09. The monoisotopic (exact) mass is 261 g/mol. The molecule has 0 saturated carbocycles. The standard InChI is InChI=1S/C16H27N3/c1-2-16(14-17)19-12-10-18(11-13-19)9-8-15-6-4-3-5-7-15/h3-7,16H,2,8-14,17H2,1H3. The fourth-order valence-electron chi connectivity index (χ4n) is 2.86.